The Balaban J connectivity index is 1.77. The fourth-order valence-electron chi connectivity index (χ4n) is 3.58. The van der Waals surface area contributed by atoms with Gasteiger partial charge in [0.05, 0.1) is 12.7 Å². The zero-order valence-corrected chi connectivity index (χ0v) is 19.3. The summed E-state index contributed by atoms with van der Waals surface area (Å²) in [5.41, 5.74) is 3.82. The Morgan fingerprint density at radius 1 is 0.909 bits per heavy atom. The first-order chi connectivity index (χ1) is 16.1. The number of nitrogens with zero attached hydrogens (tertiary/aromatic N) is 1. The fraction of sp³-hybridized carbons (Fsp3) is 0.276. The van der Waals surface area contributed by atoms with Gasteiger partial charge in [-0.1, -0.05) is 68.4 Å². The number of benzene rings is 3. The van der Waals surface area contributed by atoms with Gasteiger partial charge < -0.3 is 9.64 Å². The highest BCUT2D eigenvalue weighted by Crippen LogP contribution is 2.23. The average molecular weight is 444 g/mol. The van der Waals surface area contributed by atoms with E-state index in [2.05, 4.69) is 35.8 Å². The Hall–Kier alpha value is -3.58. The van der Waals surface area contributed by atoms with Gasteiger partial charge in [-0.2, -0.15) is 0 Å². The summed E-state index contributed by atoms with van der Waals surface area (Å²) in [6, 6.07) is 22.7. The number of hydrogen-bond acceptors (Lipinski definition) is 3. The molecular formula is C29H30FNO2. The largest absolute Gasteiger partial charge is 0.465 e. The Morgan fingerprint density at radius 2 is 1.61 bits per heavy atom. The Labute approximate surface area is 196 Å². The lowest BCUT2D eigenvalue weighted by Gasteiger charge is -2.26. The van der Waals surface area contributed by atoms with Crippen LogP contribution in [-0.2, 0) is 11.3 Å². The summed E-state index contributed by atoms with van der Waals surface area (Å²) in [7, 11) is 1.26. The maximum atomic E-state index is 14.2. The summed E-state index contributed by atoms with van der Waals surface area (Å²) in [6.45, 7) is 3.66. The van der Waals surface area contributed by atoms with E-state index in [1.165, 1.54) is 19.6 Å². The minimum atomic E-state index is -0.665. The molecule has 0 aliphatic carbocycles. The van der Waals surface area contributed by atoms with Crippen molar-refractivity contribution in [2.45, 2.75) is 39.2 Å². The molecule has 0 aromatic heterocycles. The van der Waals surface area contributed by atoms with Gasteiger partial charge in [-0.05, 0) is 54.4 Å². The van der Waals surface area contributed by atoms with Crippen molar-refractivity contribution >= 4 is 11.7 Å². The predicted molar refractivity (Wildman–Crippen MR) is 132 cm³/mol. The third kappa shape index (κ3) is 7.22. The van der Waals surface area contributed by atoms with Crippen LogP contribution in [0.4, 0.5) is 10.1 Å². The number of halogens is 1. The number of esters is 1. The number of ether oxygens (including phenoxy) is 1. The van der Waals surface area contributed by atoms with Crippen LogP contribution in [0.3, 0.4) is 0 Å². The molecule has 0 saturated carbocycles. The van der Waals surface area contributed by atoms with E-state index < -0.39 is 11.8 Å². The van der Waals surface area contributed by atoms with Crippen LogP contribution in [-0.4, -0.2) is 19.6 Å². The van der Waals surface area contributed by atoms with E-state index in [1.807, 2.05) is 42.5 Å². The van der Waals surface area contributed by atoms with Crippen LogP contribution in [0.1, 0.15) is 59.7 Å². The highest BCUT2D eigenvalue weighted by Gasteiger charge is 2.16. The number of rotatable bonds is 9. The average Bonchev–Trinajstić information content (AvgIpc) is 2.86. The number of carbonyl (C=O) groups excluding carboxylic acids is 1. The van der Waals surface area contributed by atoms with Gasteiger partial charge in [-0.15, -0.1) is 0 Å². The zero-order valence-electron chi connectivity index (χ0n) is 19.3. The number of unbranched alkanes of at least 4 members (excludes halogenated alkanes) is 3. The minimum absolute atomic E-state index is 0.0416. The summed E-state index contributed by atoms with van der Waals surface area (Å²) < 4.78 is 18.9. The third-order valence-corrected chi connectivity index (χ3v) is 5.45. The molecule has 0 N–H and O–H groups in total. The second kappa shape index (κ2) is 12.5. The lowest BCUT2D eigenvalue weighted by atomic mass is 10.1. The van der Waals surface area contributed by atoms with Crippen molar-refractivity contribution in [2.75, 3.05) is 18.6 Å². The molecular weight excluding hydrogens is 413 g/mol. The molecule has 0 radical (unpaired) electrons. The molecule has 4 heteroatoms. The summed E-state index contributed by atoms with van der Waals surface area (Å²) in [5.74, 6) is 5.14. The van der Waals surface area contributed by atoms with Crippen molar-refractivity contribution in [1.82, 2.24) is 0 Å². The second-order valence-electron chi connectivity index (χ2n) is 7.95. The van der Waals surface area contributed by atoms with E-state index >= 15 is 0 Å². The topological polar surface area (TPSA) is 29.5 Å². The summed E-state index contributed by atoms with van der Waals surface area (Å²) >= 11 is 0. The molecule has 0 aliphatic rings. The second-order valence-corrected chi connectivity index (χ2v) is 7.95. The van der Waals surface area contributed by atoms with E-state index in [4.69, 9.17) is 4.74 Å². The van der Waals surface area contributed by atoms with E-state index in [0.717, 1.165) is 48.2 Å². The van der Waals surface area contributed by atoms with Crippen LogP contribution in [0, 0.1) is 17.7 Å². The van der Waals surface area contributed by atoms with Gasteiger partial charge >= 0.3 is 5.97 Å². The van der Waals surface area contributed by atoms with E-state index in [9.17, 15) is 9.18 Å². The summed E-state index contributed by atoms with van der Waals surface area (Å²) in [5, 5.41) is 0. The van der Waals surface area contributed by atoms with Crippen molar-refractivity contribution < 1.29 is 13.9 Å². The maximum Gasteiger partial charge on any atom is 0.340 e. The molecule has 170 valence electrons. The molecule has 0 atom stereocenters. The van der Waals surface area contributed by atoms with E-state index in [1.54, 1.807) is 12.1 Å². The first kappa shape index (κ1) is 24.1. The van der Waals surface area contributed by atoms with Crippen LogP contribution in [0.25, 0.3) is 0 Å². The zero-order chi connectivity index (χ0) is 23.5. The van der Waals surface area contributed by atoms with Gasteiger partial charge in [0.25, 0.3) is 0 Å². The number of hydrogen-bond donors (Lipinski definition) is 0. The molecule has 0 fully saturated rings. The molecule has 0 aliphatic heterocycles. The van der Waals surface area contributed by atoms with Crippen molar-refractivity contribution in [3.8, 4) is 11.8 Å². The summed E-state index contributed by atoms with van der Waals surface area (Å²) in [6.07, 6.45) is 4.50. The van der Waals surface area contributed by atoms with Crippen LogP contribution in [0.2, 0.25) is 0 Å². The molecule has 33 heavy (non-hydrogen) atoms. The first-order valence-electron chi connectivity index (χ1n) is 11.4. The molecule has 0 amide bonds. The molecule has 3 nitrogen and oxygen atoms in total. The van der Waals surface area contributed by atoms with Gasteiger partial charge in [0.1, 0.15) is 5.82 Å². The van der Waals surface area contributed by atoms with Crippen LogP contribution in [0.15, 0.2) is 72.8 Å². The van der Waals surface area contributed by atoms with Crippen molar-refractivity contribution in [2.24, 2.45) is 0 Å². The normalized spacial score (nSPS) is 10.3. The molecule has 0 unspecified atom stereocenters. The number of methoxy groups -OCH3 is 1. The van der Waals surface area contributed by atoms with Gasteiger partial charge in [-0.3, -0.25) is 0 Å². The molecule has 3 aromatic rings. The molecule has 3 aromatic carbocycles. The number of carbonyl (C=O) groups is 1. The highest BCUT2D eigenvalue weighted by atomic mass is 19.1. The molecule has 0 bridgehead atoms. The Bertz CT molecular complexity index is 1100. The standard InChI is InChI=1S/C29H30FNO2/c1-3-4-5-9-20-31(26-18-19-28(30)27(21-26)29(32)33-2)22-25-16-14-24(15-17-25)13-12-23-10-7-6-8-11-23/h6-8,10-11,14-19,21H,3-5,9,20,22H2,1-2H3. The Morgan fingerprint density at radius 3 is 2.27 bits per heavy atom. The third-order valence-electron chi connectivity index (χ3n) is 5.45. The van der Waals surface area contributed by atoms with Crippen LogP contribution in [0.5, 0.6) is 0 Å². The van der Waals surface area contributed by atoms with Gasteiger partial charge in [0.2, 0.25) is 0 Å². The van der Waals surface area contributed by atoms with Gasteiger partial charge in [0, 0.05) is 29.9 Å². The van der Waals surface area contributed by atoms with E-state index in [-0.39, 0.29) is 5.56 Å². The molecule has 0 saturated heterocycles. The van der Waals surface area contributed by atoms with E-state index in [0.29, 0.717) is 6.54 Å². The number of anilines is 1. The van der Waals surface area contributed by atoms with Crippen molar-refractivity contribution in [3.05, 3.63) is 101 Å². The quantitative estimate of drug-likeness (QED) is 0.212. The maximum absolute atomic E-state index is 14.2. The minimum Gasteiger partial charge on any atom is -0.465 e. The predicted octanol–water partition coefficient (Wildman–Crippen LogP) is 6.60. The van der Waals surface area contributed by atoms with Crippen LogP contribution >= 0.6 is 0 Å². The molecule has 0 heterocycles. The van der Waals surface area contributed by atoms with Crippen molar-refractivity contribution in [3.63, 3.8) is 0 Å². The molecule has 3 rings (SSSR count). The summed E-state index contributed by atoms with van der Waals surface area (Å²) in [4.78, 5) is 14.2. The van der Waals surface area contributed by atoms with Crippen LogP contribution < -0.4 is 4.90 Å². The van der Waals surface area contributed by atoms with Crippen molar-refractivity contribution in [1.29, 1.82) is 0 Å². The monoisotopic (exact) mass is 443 g/mol. The van der Waals surface area contributed by atoms with Gasteiger partial charge in [-0.25, -0.2) is 9.18 Å². The first-order valence-corrected chi connectivity index (χ1v) is 11.4. The fourth-order valence-corrected chi connectivity index (χ4v) is 3.58. The lowest BCUT2D eigenvalue weighted by molar-refractivity contribution is 0.0595. The lowest BCUT2D eigenvalue weighted by Crippen LogP contribution is -2.24. The molecule has 0 spiro atoms. The smallest absolute Gasteiger partial charge is 0.340 e. The Kier molecular flexibility index (Phi) is 9.08. The van der Waals surface area contributed by atoms with Gasteiger partial charge in [0.15, 0.2) is 0 Å². The SMILES string of the molecule is CCCCCCN(Cc1ccc(C#Cc2ccccc2)cc1)c1ccc(F)c(C(=O)OC)c1. The highest BCUT2D eigenvalue weighted by molar-refractivity contribution is 5.90.